The molecule has 0 heterocycles. The lowest BCUT2D eigenvalue weighted by molar-refractivity contribution is -0.149. The van der Waals surface area contributed by atoms with Crippen LogP contribution in [0.5, 0.6) is 0 Å². The Morgan fingerprint density at radius 2 is 2.00 bits per heavy atom. The van der Waals surface area contributed by atoms with Crippen molar-refractivity contribution in [3.05, 3.63) is 35.9 Å². The predicted molar refractivity (Wildman–Crippen MR) is 67.8 cm³/mol. The van der Waals surface area contributed by atoms with Gasteiger partial charge in [0.25, 0.3) is 0 Å². The number of aryl methyl sites for hydroxylation is 1. The van der Waals surface area contributed by atoms with E-state index in [2.05, 4.69) is 12.1 Å². The first kappa shape index (κ1) is 12.2. The van der Waals surface area contributed by atoms with Gasteiger partial charge in [-0.05, 0) is 50.5 Å². The van der Waals surface area contributed by atoms with Crippen LogP contribution in [-0.2, 0) is 11.2 Å². The lowest BCUT2D eigenvalue weighted by atomic mass is 9.80. The largest absolute Gasteiger partial charge is 0.481 e. The van der Waals surface area contributed by atoms with Gasteiger partial charge in [0.1, 0.15) is 0 Å². The van der Waals surface area contributed by atoms with Crippen molar-refractivity contribution in [3.63, 3.8) is 0 Å². The van der Waals surface area contributed by atoms with Gasteiger partial charge in [0, 0.05) is 0 Å². The predicted octanol–water partition coefficient (Wildman–Crippen LogP) is 3.51. The van der Waals surface area contributed by atoms with Gasteiger partial charge >= 0.3 is 5.97 Å². The summed E-state index contributed by atoms with van der Waals surface area (Å²) in [5.41, 5.74) is 0.811. The average Bonchev–Trinajstić information content (AvgIpc) is 3.14. The Balaban J connectivity index is 1.86. The molecule has 0 spiro atoms. The fraction of sp³-hybridized carbons (Fsp3) is 0.533. The van der Waals surface area contributed by atoms with E-state index in [9.17, 15) is 9.90 Å². The average molecular weight is 232 g/mol. The molecule has 2 nitrogen and oxygen atoms in total. The summed E-state index contributed by atoms with van der Waals surface area (Å²) in [6, 6.07) is 10.3. The summed E-state index contributed by atoms with van der Waals surface area (Å²) < 4.78 is 0. The molecule has 0 aromatic heterocycles. The molecule has 1 aromatic rings. The van der Waals surface area contributed by atoms with Crippen molar-refractivity contribution in [2.45, 2.75) is 39.0 Å². The summed E-state index contributed by atoms with van der Waals surface area (Å²) >= 11 is 0. The third-order valence-corrected chi connectivity index (χ3v) is 3.97. The topological polar surface area (TPSA) is 37.3 Å². The second-order valence-electron chi connectivity index (χ2n) is 5.34. The van der Waals surface area contributed by atoms with Gasteiger partial charge in [0.15, 0.2) is 0 Å². The van der Waals surface area contributed by atoms with Crippen LogP contribution in [0.15, 0.2) is 30.3 Å². The van der Waals surface area contributed by atoms with Gasteiger partial charge in [-0.25, -0.2) is 0 Å². The van der Waals surface area contributed by atoms with Crippen molar-refractivity contribution < 1.29 is 9.90 Å². The van der Waals surface area contributed by atoms with Crippen LogP contribution >= 0.6 is 0 Å². The molecule has 92 valence electrons. The number of hydrogen-bond acceptors (Lipinski definition) is 1. The zero-order valence-electron chi connectivity index (χ0n) is 10.4. The van der Waals surface area contributed by atoms with E-state index in [0.29, 0.717) is 5.92 Å². The summed E-state index contributed by atoms with van der Waals surface area (Å²) in [4.78, 5) is 11.3. The lowest BCUT2D eigenvalue weighted by Gasteiger charge is -2.24. The standard InChI is InChI=1S/C15H20O2/c1-15(14(16)17,13-9-10-13)11-5-8-12-6-3-2-4-7-12/h2-4,6-7,13H,5,8-11H2,1H3,(H,16,17). The van der Waals surface area contributed by atoms with Crippen LogP contribution in [0.2, 0.25) is 0 Å². The molecular formula is C15H20O2. The van der Waals surface area contributed by atoms with Crippen molar-refractivity contribution in [3.8, 4) is 0 Å². The minimum Gasteiger partial charge on any atom is -0.481 e. The maximum absolute atomic E-state index is 11.3. The molecule has 1 N–H and O–H groups in total. The van der Waals surface area contributed by atoms with Crippen molar-refractivity contribution in [1.82, 2.24) is 0 Å². The molecule has 1 saturated carbocycles. The fourth-order valence-corrected chi connectivity index (χ4v) is 2.51. The maximum atomic E-state index is 11.3. The summed E-state index contributed by atoms with van der Waals surface area (Å²) in [7, 11) is 0. The Hall–Kier alpha value is -1.31. The molecule has 1 atom stereocenters. The minimum atomic E-state index is -0.618. The number of benzene rings is 1. The molecule has 1 aliphatic carbocycles. The van der Waals surface area contributed by atoms with E-state index < -0.39 is 11.4 Å². The highest BCUT2D eigenvalue weighted by Crippen LogP contribution is 2.48. The molecule has 1 aromatic carbocycles. The monoisotopic (exact) mass is 232 g/mol. The molecule has 1 unspecified atom stereocenters. The first-order chi connectivity index (χ1) is 8.13. The van der Waals surface area contributed by atoms with Crippen molar-refractivity contribution in [2.24, 2.45) is 11.3 Å². The second-order valence-corrected chi connectivity index (χ2v) is 5.34. The minimum absolute atomic E-state index is 0.413. The van der Waals surface area contributed by atoms with Gasteiger partial charge in [-0.3, -0.25) is 4.79 Å². The molecule has 0 saturated heterocycles. The first-order valence-electron chi connectivity index (χ1n) is 6.40. The molecular weight excluding hydrogens is 212 g/mol. The van der Waals surface area contributed by atoms with Crippen LogP contribution in [0.25, 0.3) is 0 Å². The zero-order chi connectivity index (χ0) is 12.3. The van der Waals surface area contributed by atoms with E-state index in [1.54, 1.807) is 0 Å². The SMILES string of the molecule is CC(CCCc1ccccc1)(C(=O)O)C1CC1. The Kier molecular flexibility index (Phi) is 3.51. The van der Waals surface area contributed by atoms with Crippen molar-refractivity contribution in [1.29, 1.82) is 0 Å². The van der Waals surface area contributed by atoms with Gasteiger partial charge < -0.3 is 5.11 Å². The van der Waals surface area contributed by atoms with Crippen LogP contribution in [0.3, 0.4) is 0 Å². The maximum Gasteiger partial charge on any atom is 0.309 e. The van der Waals surface area contributed by atoms with E-state index >= 15 is 0 Å². The normalized spacial score (nSPS) is 18.6. The van der Waals surface area contributed by atoms with Gasteiger partial charge in [-0.15, -0.1) is 0 Å². The van der Waals surface area contributed by atoms with Crippen LogP contribution in [0.1, 0.15) is 38.2 Å². The third-order valence-electron chi connectivity index (χ3n) is 3.97. The summed E-state index contributed by atoms with van der Waals surface area (Å²) in [6.45, 7) is 1.91. The van der Waals surface area contributed by atoms with Crippen molar-refractivity contribution in [2.75, 3.05) is 0 Å². The fourth-order valence-electron chi connectivity index (χ4n) is 2.51. The van der Waals surface area contributed by atoms with E-state index in [1.165, 1.54) is 5.56 Å². The summed E-state index contributed by atoms with van der Waals surface area (Å²) in [5.74, 6) is -0.205. The van der Waals surface area contributed by atoms with Gasteiger partial charge in [0.2, 0.25) is 0 Å². The van der Waals surface area contributed by atoms with Gasteiger partial charge in [-0.1, -0.05) is 30.3 Å². The number of aliphatic carboxylic acids is 1. The quantitative estimate of drug-likeness (QED) is 0.815. The summed E-state index contributed by atoms with van der Waals surface area (Å²) in [6.07, 6.45) is 4.92. The molecule has 2 rings (SSSR count). The van der Waals surface area contributed by atoms with Gasteiger partial charge in [0.05, 0.1) is 5.41 Å². The second kappa shape index (κ2) is 4.91. The highest BCUT2D eigenvalue weighted by atomic mass is 16.4. The molecule has 1 aliphatic rings. The highest BCUT2D eigenvalue weighted by Gasteiger charge is 2.46. The molecule has 17 heavy (non-hydrogen) atoms. The molecule has 1 fully saturated rings. The van der Waals surface area contributed by atoms with Crippen LogP contribution in [0.4, 0.5) is 0 Å². The third kappa shape index (κ3) is 2.87. The number of carboxylic acid groups (broad SMARTS) is 1. The van der Waals surface area contributed by atoms with E-state index in [0.717, 1.165) is 32.1 Å². The molecule has 0 aliphatic heterocycles. The zero-order valence-corrected chi connectivity index (χ0v) is 10.4. The molecule has 0 amide bonds. The van der Waals surface area contributed by atoms with Crippen molar-refractivity contribution >= 4 is 5.97 Å². The molecule has 0 bridgehead atoms. The van der Waals surface area contributed by atoms with Crippen LogP contribution < -0.4 is 0 Å². The smallest absolute Gasteiger partial charge is 0.309 e. The Labute approximate surface area is 103 Å². The Bertz CT molecular complexity index is 381. The van der Waals surface area contributed by atoms with Crippen LogP contribution in [0, 0.1) is 11.3 Å². The molecule has 2 heteroatoms. The summed E-state index contributed by atoms with van der Waals surface area (Å²) in [5, 5.41) is 9.34. The highest BCUT2D eigenvalue weighted by molar-refractivity contribution is 5.75. The number of rotatable bonds is 6. The number of carboxylic acids is 1. The number of carbonyl (C=O) groups is 1. The molecule has 0 radical (unpaired) electrons. The van der Waals surface area contributed by atoms with Crippen LogP contribution in [-0.4, -0.2) is 11.1 Å². The first-order valence-corrected chi connectivity index (χ1v) is 6.40. The lowest BCUT2D eigenvalue weighted by Crippen LogP contribution is -2.30. The van der Waals surface area contributed by atoms with E-state index in [1.807, 2.05) is 25.1 Å². The van der Waals surface area contributed by atoms with Gasteiger partial charge in [-0.2, -0.15) is 0 Å². The van der Waals surface area contributed by atoms with E-state index in [4.69, 9.17) is 0 Å². The Morgan fingerprint density at radius 3 is 2.53 bits per heavy atom. The Morgan fingerprint density at radius 1 is 1.35 bits per heavy atom. The van der Waals surface area contributed by atoms with E-state index in [-0.39, 0.29) is 0 Å². The number of hydrogen-bond donors (Lipinski definition) is 1.